The van der Waals surface area contributed by atoms with E-state index in [1.807, 2.05) is 13.8 Å². The Balaban J connectivity index is 0.000000274. The normalized spacial score (nSPS) is 15.9. The minimum absolute atomic E-state index is 0.0162. The Hall–Kier alpha value is -5.94. The molecule has 0 fully saturated rings. The van der Waals surface area contributed by atoms with Gasteiger partial charge in [-0.15, -0.1) is 0 Å². The van der Waals surface area contributed by atoms with Crippen LogP contribution in [0.5, 0.6) is 0 Å². The summed E-state index contributed by atoms with van der Waals surface area (Å²) >= 11 is 0. The Morgan fingerprint density at radius 3 is 1.24 bits per heavy atom. The summed E-state index contributed by atoms with van der Waals surface area (Å²) in [5.41, 5.74) is 3.73. The van der Waals surface area contributed by atoms with Gasteiger partial charge >= 0.3 is 0 Å². The molecule has 0 bridgehead atoms. The van der Waals surface area contributed by atoms with Gasteiger partial charge in [0.2, 0.25) is 0 Å². The molecule has 0 amide bonds. The van der Waals surface area contributed by atoms with E-state index in [4.69, 9.17) is 19.5 Å². The fourth-order valence-electron chi connectivity index (χ4n) is 8.11. The van der Waals surface area contributed by atoms with Crippen LogP contribution in [0.1, 0.15) is 84.5 Å². The van der Waals surface area contributed by atoms with Crippen molar-refractivity contribution in [2.24, 2.45) is 29.5 Å². The highest BCUT2D eigenvalue weighted by molar-refractivity contribution is 7.86. The monoisotopic (exact) mass is 950 g/mol. The number of unbranched alkanes of at least 4 members (excludes halogenated alkanes) is 2. The van der Waals surface area contributed by atoms with E-state index in [-0.39, 0.29) is 21.9 Å². The largest absolute Gasteiger partial charge is 0.744 e. The highest BCUT2D eigenvalue weighted by Crippen LogP contribution is 2.43. The smallest absolute Gasteiger partial charge is 0.253 e. The molecule has 0 N–H and O–H groups in total. The van der Waals surface area contributed by atoms with E-state index in [1.165, 1.54) is 47.0 Å². The molecule has 4 aromatic carbocycles. The number of rotatable bonds is 16. The SMILES string of the molecule is Cc1ccc(S(=O)(=O)[O-])cc1.Cc1ccc(S(=O)(=O)[O-])cc1.Cc1n(CCCCC(CCCCn2cc[n+](C)c2C)(C2=N[C@H](c3ccccc3)CO2)C2=N[C@H](c3ccccc3)CO2)cc[n+]1C. The van der Waals surface area contributed by atoms with Gasteiger partial charge in [0.25, 0.3) is 11.6 Å². The van der Waals surface area contributed by atoms with Crippen LogP contribution in [0.3, 0.4) is 0 Å². The van der Waals surface area contributed by atoms with E-state index in [9.17, 15) is 25.9 Å². The zero-order valence-corrected chi connectivity index (χ0v) is 40.8. The molecule has 2 atom stereocenters. The lowest BCUT2D eigenvalue weighted by Gasteiger charge is -2.32. The molecule has 0 aliphatic carbocycles. The lowest BCUT2D eigenvalue weighted by atomic mass is 9.77. The van der Waals surface area contributed by atoms with E-state index in [1.54, 1.807) is 24.3 Å². The maximum atomic E-state index is 10.4. The lowest BCUT2D eigenvalue weighted by Crippen LogP contribution is -2.40. The summed E-state index contributed by atoms with van der Waals surface area (Å²) in [6, 6.07) is 32.6. The molecular weight excluding hydrogens is 889 g/mol. The maximum absolute atomic E-state index is 10.4. The van der Waals surface area contributed by atoms with Gasteiger partial charge in [0.05, 0.1) is 37.0 Å². The summed E-state index contributed by atoms with van der Waals surface area (Å²) < 4.78 is 84.5. The van der Waals surface area contributed by atoms with Gasteiger partial charge in [-0.05, 0) is 87.8 Å². The fourth-order valence-corrected chi connectivity index (χ4v) is 9.04. The van der Waals surface area contributed by atoms with Gasteiger partial charge in [-0.25, -0.2) is 45.1 Å². The van der Waals surface area contributed by atoms with Crippen LogP contribution in [0.2, 0.25) is 0 Å². The molecule has 4 heterocycles. The molecule has 0 saturated carbocycles. The van der Waals surface area contributed by atoms with Crippen LogP contribution < -0.4 is 9.13 Å². The first-order valence-electron chi connectivity index (χ1n) is 22.5. The van der Waals surface area contributed by atoms with Crippen LogP contribution in [-0.2, 0) is 56.9 Å². The summed E-state index contributed by atoms with van der Waals surface area (Å²) in [4.78, 5) is 10.2. The van der Waals surface area contributed by atoms with Crippen LogP contribution in [0, 0.1) is 33.1 Å². The van der Waals surface area contributed by atoms with Gasteiger partial charge in [-0.1, -0.05) is 96.1 Å². The average molecular weight is 951 g/mol. The Morgan fingerprint density at radius 2 is 0.925 bits per heavy atom. The first-order valence-corrected chi connectivity index (χ1v) is 25.4. The molecule has 0 spiro atoms. The highest BCUT2D eigenvalue weighted by Gasteiger charge is 2.48. The van der Waals surface area contributed by atoms with Crippen LogP contribution in [0.25, 0.3) is 0 Å². The van der Waals surface area contributed by atoms with Crippen LogP contribution in [0.4, 0.5) is 0 Å². The third-order valence-electron chi connectivity index (χ3n) is 12.4. The van der Waals surface area contributed by atoms with E-state index in [0.29, 0.717) is 13.2 Å². The van der Waals surface area contributed by atoms with Crippen molar-refractivity contribution in [3.63, 3.8) is 0 Å². The number of hydrogen-bond donors (Lipinski definition) is 0. The van der Waals surface area contributed by atoms with E-state index in [2.05, 4.69) is 132 Å². The fraction of sp³-hybridized carbons (Fsp3) is 0.373. The second-order valence-corrected chi connectivity index (χ2v) is 19.9. The number of imidazole rings is 2. The van der Waals surface area contributed by atoms with Crippen molar-refractivity contribution < 1.29 is 44.5 Å². The van der Waals surface area contributed by atoms with Gasteiger partial charge in [0, 0.05) is 13.8 Å². The van der Waals surface area contributed by atoms with Crippen molar-refractivity contribution in [2.45, 2.75) is 101 Å². The Kier molecular flexibility index (Phi) is 17.1. The highest BCUT2D eigenvalue weighted by atomic mass is 32.2. The van der Waals surface area contributed by atoms with Crippen LogP contribution in [0.15, 0.2) is 154 Å². The third-order valence-corrected chi connectivity index (χ3v) is 14.1. The minimum Gasteiger partial charge on any atom is -0.744 e. The van der Waals surface area contributed by atoms with Gasteiger partial charge < -0.3 is 18.6 Å². The van der Waals surface area contributed by atoms with E-state index >= 15 is 0 Å². The topological polar surface area (TPSA) is 175 Å². The summed E-state index contributed by atoms with van der Waals surface area (Å²) in [6.07, 6.45) is 14.5. The van der Waals surface area contributed by atoms with Crippen molar-refractivity contribution >= 4 is 32.0 Å². The second kappa shape index (κ2) is 22.7. The van der Waals surface area contributed by atoms with E-state index in [0.717, 1.165) is 74.5 Å². The molecule has 2 aromatic heterocycles. The Morgan fingerprint density at radius 1 is 0.567 bits per heavy atom. The van der Waals surface area contributed by atoms with Gasteiger partial charge in [-0.3, -0.25) is 0 Å². The number of benzene rings is 4. The van der Waals surface area contributed by atoms with Crippen molar-refractivity contribution in [3.05, 3.63) is 168 Å². The number of aryl methyl sites for hydroxylation is 6. The molecule has 2 aliphatic rings. The molecule has 8 rings (SSSR count). The van der Waals surface area contributed by atoms with Crippen molar-refractivity contribution in [1.29, 1.82) is 0 Å². The molecule has 14 nitrogen and oxygen atoms in total. The molecule has 2 aliphatic heterocycles. The van der Waals surface area contributed by atoms with Gasteiger partial charge in [0.15, 0.2) is 11.8 Å². The quantitative estimate of drug-likeness (QED) is 0.0539. The van der Waals surface area contributed by atoms with E-state index < -0.39 is 25.7 Å². The zero-order chi connectivity index (χ0) is 48.2. The zero-order valence-electron chi connectivity index (χ0n) is 39.2. The Bertz CT molecular complexity index is 2630. The average Bonchev–Trinajstić information content (AvgIpc) is 4.14. The standard InChI is InChI=1S/C37H48N6O2.2C7H8O3S/c1-29-40(3)23-25-42(29)21-13-11-19-37(20-12-14-22-43-26-24-41(4)30(43)2,35-38-33(27-44-35)31-15-7-5-8-16-31)36-39-34(28-45-36)32-17-9-6-10-18-32;2*1-6-2-4-7(5-3-6)11(8,9)10/h5-10,15-18,23-26,33-34H,11-14,19-22,27-28H2,1-4H3;2*2-5H,1H3,(H,8,9,10)/q+2;;/p-2/t33-,34-;;/m0../s1. The van der Waals surface area contributed by atoms with Gasteiger partial charge in [-0.2, -0.15) is 0 Å². The minimum atomic E-state index is -4.27. The number of aliphatic imine (C=N–C) groups is 2. The lowest BCUT2D eigenvalue weighted by molar-refractivity contribution is -0.677. The Labute approximate surface area is 395 Å². The molecule has 16 heteroatoms. The predicted octanol–water partition coefficient (Wildman–Crippen LogP) is 7.72. The number of ether oxygens (including phenoxy) is 2. The van der Waals surface area contributed by atoms with Crippen LogP contribution >= 0.6 is 0 Å². The molecule has 0 saturated heterocycles. The van der Waals surface area contributed by atoms with Crippen molar-refractivity contribution in [3.8, 4) is 0 Å². The second-order valence-electron chi connectivity index (χ2n) is 17.2. The first kappa shape index (κ1) is 50.5. The summed E-state index contributed by atoms with van der Waals surface area (Å²) in [5.74, 6) is 4.13. The summed E-state index contributed by atoms with van der Waals surface area (Å²) in [7, 11) is -4.34. The molecule has 67 heavy (non-hydrogen) atoms. The number of nitrogens with zero attached hydrogens (tertiary/aromatic N) is 6. The molecule has 0 unspecified atom stereocenters. The molecule has 6 aromatic rings. The van der Waals surface area contributed by atoms with Crippen LogP contribution in [-0.4, -0.2) is 60.1 Å². The van der Waals surface area contributed by atoms with Crippen molar-refractivity contribution in [1.82, 2.24) is 9.13 Å². The predicted molar refractivity (Wildman–Crippen MR) is 254 cm³/mol. The maximum Gasteiger partial charge on any atom is 0.253 e. The molecule has 356 valence electrons. The number of hydrogen-bond acceptors (Lipinski definition) is 10. The summed E-state index contributed by atoms with van der Waals surface area (Å²) in [5, 5.41) is 0. The first-order chi connectivity index (χ1) is 31.9. The summed E-state index contributed by atoms with van der Waals surface area (Å²) in [6.45, 7) is 11.0. The number of aromatic nitrogens is 4. The van der Waals surface area contributed by atoms with Crippen molar-refractivity contribution in [2.75, 3.05) is 13.2 Å². The van der Waals surface area contributed by atoms with Gasteiger partial charge in [0.1, 0.15) is 75.7 Å². The third kappa shape index (κ3) is 13.6. The molecular formula is C51H62N6O8S2. The molecule has 0 radical (unpaired) electrons.